The van der Waals surface area contributed by atoms with Crippen LogP contribution < -0.4 is 21.3 Å². The monoisotopic (exact) mass is 372 g/mol. The summed E-state index contributed by atoms with van der Waals surface area (Å²) >= 11 is 0. The van der Waals surface area contributed by atoms with Crippen molar-refractivity contribution in [3.05, 3.63) is 47.8 Å². The Hall–Kier alpha value is -3.20. The molecule has 0 aromatic carbocycles. The third-order valence-corrected chi connectivity index (χ3v) is 3.27. The van der Waals surface area contributed by atoms with Crippen molar-refractivity contribution in [1.29, 1.82) is 0 Å². The molecule has 0 aliphatic carbocycles. The normalized spacial score (nSPS) is 10.1. The maximum absolute atomic E-state index is 11.5. The third kappa shape index (κ3) is 7.28. The molecule has 0 spiro atoms. The number of nitrogens with zero attached hydrogens (tertiary/aromatic N) is 2. The largest absolute Gasteiger partial charge is 0.369 e. The Morgan fingerprint density at radius 2 is 1.26 bits per heavy atom. The van der Waals surface area contributed by atoms with E-state index in [9.17, 15) is 9.59 Å². The van der Waals surface area contributed by atoms with Crippen LogP contribution in [0.4, 0.5) is 21.2 Å². The number of pyridine rings is 2. The molecule has 0 saturated heterocycles. The van der Waals surface area contributed by atoms with Gasteiger partial charge in [-0.15, -0.1) is 0 Å². The Morgan fingerprint density at radius 3 is 1.67 bits per heavy atom. The SMILES string of the molecule is CCNC(=O)Nc1cccc(COCc2cccc(NC(=O)NCC)n2)n1. The summed E-state index contributed by atoms with van der Waals surface area (Å²) in [6.07, 6.45) is 0. The first-order valence-electron chi connectivity index (χ1n) is 8.70. The number of aromatic nitrogens is 2. The number of ether oxygens (including phenoxy) is 1. The van der Waals surface area contributed by atoms with Crippen molar-refractivity contribution in [2.45, 2.75) is 27.1 Å². The Kier molecular flexibility index (Phi) is 7.98. The molecule has 144 valence electrons. The summed E-state index contributed by atoms with van der Waals surface area (Å²) in [6.45, 7) is 5.28. The highest BCUT2D eigenvalue weighted by Crippen LogP contribution is 2.09. The van der Waals surface area contributed by atoms with Crippen molar-refractivity contribution in [2.24, 2.45) is 0 Å². The summed E-state index contributed by atoms with van der Waals surface area (Å²) in [7, 11) is 0. The number of hydrogen-bond donors (Lipinski definition) is 4. The summed E-state index contributed by atoms with van der Waals surface area (Å²) < 4.78 is 5.64. The highest BCUT2D eigenvalue weighted by atomic mass is 16.5. The molecule has 0 aliphatic heterocycles. The van der Waals surface area contributed by atoms with E-state index >= 15 is 0 Å². The van der Waals surface area contributed by atoms with Crippen LogP contribution in [0.1, 0.15) is 25.2 Å². The lowest BCUT2D eigenvalue weighted by atomic mass is 10.3. The van der Waals surface area contributed by atoms with Gasteiger partial charge in [-0.3, -0.25) is 10.6 Å². The molecule has 0 unspecified atom stereocenters. The first-order valence-corrected chi connectivity index (χ1v) is 8.70. The molecule has 2 aromatic rings. The number of urea groups is 2. The van der Waals surface area contributed by atoms with Gasteiger partial charge in [0, 0.05) is 13.1 Å². The zero-order chi connectivity index (χ0) is 19.5. The van der Waals surface area contributed by atoms with E-state index < -0.39 is 0 Å². The number of nitrogens with one attached hydrogen (secondary N) is 4. The maximum atomic E-state index is 11.5. The standard InChI is InChI=1S/C18H24N6O3/c1-3-19-17(25)23-15-9-5-7-13(21-15)11-27-12-14-8-6-10-16(22-14)24-18(26)20-4-2/h5-10H,3-4,11-12H2,1-2H3,(H2,19,21,23,25)(H2,20,22,24,26). The number of carbonyl (C=O) groups excluding carboxylic acids is 2. The fraction of sp³-hybridized carbons (Fsp3) is 0.333. The number of amides is 4. The van der Waals surface area contributed by atoms with E-state index in [2.05, 4.69) is 31.2 Å². The zero-order valence-electron chi connectivity index (χ0n) is 15.4. The molecule has 9 nitrogen and oxygen atoms in total. The lowest BCUT2D eigenvalue weighted by molar-refractivity contribution is 0.102. The van der Waals surface area contributed by atoms with Gasteiger partial charge >= 0.3 is 12.1 Å². The fourth-order valence-corrected chi connectivity index (χ4v) is 2.16. The van der Waals surface area contributed by atoms with Crippen molar-refractivity contribution >= 4 is 23.7 Å². The van der Waals surface area contributed by atoms with E-state index in [1.54, 1.807) is 24.3 Å². The van der Waals surface area contributed by atoms with Gasteiger partial charge in [0.05, 0.1) is 24.6 Å². The average molecular weight is 372 g/mol. The molecule has 2 aromatic heterocycles. The molecule has 0 atom stereocenters. The maximum Gasteiger partial charge on any atom is 0.320 e. The molecule has 0 radical (unpaired) electrons. The van der Waals surface area contributed by atoms with Crippen LogP contribution in [-0.4, -0.2) is 35.1 Å². The minimum Gasteiger partial charge on any atom is -0.369 e. The highest BCUT2D eigenvalue weighted by molar-refractivity contribution is 5.88. The summed E-state index contributed by atoms with van der Waals surface area (Å²) in [5.74, 6) is 0.904. The van der Waals surface area contributed by atoms with E-state index in [0.717, 1.165) is 0 Å². The second kappa shape index (κ2) is 10.7. The summed E-state index contributed by atoms with van der Waals surface area (Å²) in [5.41, 5.74) is 1.36. The van der Waals surface area contributed by atoms with E-state index in [-0.39, 0.29) is 25.3 Å². The van der Waals surface area contributed by atoms with Gasteiger partial charge in [0.15, 0.2) is 0 Å². The Bertz CT molecular complexity index is 705. The van der Waals surface area contributed by atoms with Crippen LogP contribution in [0.2, 0.25) is 0 Å². The number of rotatable bonds is 8. The molecule has 27 heavy (non-hydrogen) atoms. The molecular weight excluding hydrogens is 348 g/mol. The first-order chi connectivity index (χ1) is 13.1. The van der Waals surface area contributed by atoms with Crippen LogP contribution in [0.15, 0.2) is 36.4 Å². The van der Waals surface area contributed by atoms with Gasteiger partial charge in [-0.05, 0) is 38.1 Å². The second-order valence-corrected chi connectivity index (χ2v) is 5.49. The predicted molar refractivity (Wildman–Crippen MR) is 102 cm³/mol. The van der Waals surface area contributed by atoms with Crippen LogP contribution in [-0.2, 0) is 18.0 Å². The van der Waals surface area contributed by atoms with Gasteiger partial charge < -0.3 is 15.4 Å². The number of carbonyl (C=O) groups is 2. The van der Waals surface area contributed by atoms with Crippen molar-refractivity contribution in [3.8, 4) is 0 Å². The quantitative estimate of drug-likeness (QED) is 0.568. The van der Waals surface area contributed by atoms with Crippen molar-refractivity contribution in [1.82, 2.24) is 20.6 Å². The first kappa shape index (κ1) is 20.1. The van der Waals surface area contributed by atoms with Crippen LogP contribution >= 0.6 is 0 Å². The summed E-state index contributed by atoms with van der Waals surface area (Å²) in [6, 6.07) is 10.0. The minimum atomic E-state index is -0.302. The van der Waals surface area contributed by atoms with E-state index in [1.165, 1.54) is 0 Å². The minimum absolute atomic E-state index is 0.264. The Balaban J connectivity index is 1.85. The van der Waals surface area contributed by atoms with Crippen molar-refractivity contribution < 1.29 is 14.3 Å². The van der Waals surface area contributed by atoms with E-state index in [4.69, 9.17) is 4.74 Å². The lowest BCUT2D eigenvalue weighted by Gasteiger charge is -2.09. The molecule has 0 saturated carbocycles. The second-order valence-electron chi connectivity index (χ2n) is 5.49. The predicted octanol–water partition coefficient (Wildman–Crippen LogP) is 2.48. The molecule has 4 N–H and O–H groups in total. The van der Waals surface area contributed by atoms with Crippen molar-refractivity contribution in [2.75, 3.05) is 23.7 Å². The van der Waals surface area contributed by atoms with Crippen LogP contribution in [0.3, 0.4) is 0 Å². The highest BCUT2D eigenvalue weighted by Gasteiger charge is 2.05. The molecule has 0 bridgehead atoms. The van der Waals surface area contributed by atoms with Gasteiger partial charge in [0.1, 0.15) is 11.6 Å². The lowest BCUT2D eigenvalue weighted by Crippen LogP contribution is -2.28. The van der Waals surface area contributed by atoms with E-state index in [1.807, 2.05) is 26.0 Å². The third-order valence-electron chi connectivity index (χ3n) is 3.27. The smallest absolute Gasteiger partial charge is 0.320 e. The topological polar surface area (TPSA) is 117 Å². The summed E-state index contributed by atoms with van der Waals surface area (Å²) in [4.78, 5) is 31.7. The van der Waals surface area contributed by atoms with Crippen LogP contribution in [0.5, 0.6) is 0 Å². The number of hydrogen-bond acceptors (Lipinski definition) is 5. The van der Waals surface area contributed by atoms with Gasteiger partial charge in [-0.2, -0.15) is 0 Å². The molecule has 9 heteroatoms. The van der Waals surface area contributed by atoms with Gasteiger partial charge in [0.2, 0.25) is 0 Å². The van der Waals surface area contributed by atoms with Crippen molar-refractivity contribution in [3.63, 3.8) is 0 Å². The molecule has 4 amide bonds. The van der Waals surface area contributed by atoms with E-state index in [0.29, 0.717) is 36.1 Å². The zero-order valence-corrected chi connectivity index (χ0v) is 15.4. The van der Waals surface area contributed by atoms with Crippen LogP contribution in [0, 0.1) is 0 Å². The molecule has 2 heterocycles. The van der Waals surface area contributed by atoms with Gasteiger partial charge in [-0.25, -0.2) is 19.6 Å². The average Bonchev–Trinajstić information content (AvgIpc) is 2.63. The summed E-state index contributed by atoms with van der Waals surface area (Å²) in [5, 5.41) is 10.6. The van der Waals surface area contributed by atoms with Crippen LogP contribution in [0.25, 0.3) is 0 Å². The molecule has 0 fully saturated rings. The molecule has 0 aliphatic rings. The van der Waals surface area contributed by atoms with Gasteiger partial charge in [0.25, 0.3) is 0 Å². The molecular formula is C18H24N6O3. The Labute approximate surface area is 157 Å². The fourth-order valence-electron chi connectivity index (χ4n) is 2.16. The van der Waals surface area contributed by atoms with Gasteiger partial charge in [-0.1, -0.05) is 12.1 Å². The number of anilines is 2. The molecule has 2 rings (SSSR count). The Morgan fingerprint density at radius 1 is 0.815 bits per heavy atom.